The highest BCUT2D eigenvalue weighted by Gasteiger charge is 2.32. The van der Waals surface area contributed by atoms with Crippen molar-refractivity contribution in [1.29, 1.82) is 0 Å². The van der Waals surface area contributed by atoms with Crippen molar-refractivity contribution in [3.8, 4) is 11.7 Å². The Morgan fingerprint density at radius 2 is 2.06 bits per heavy atom. The molecule has 0 fully saturated rings. The Kier molecular flexibility index (Phi) is 4.61. The zero-order valence-corrected chi connectivity index (χ0v) is 16.2. The minimum Gasteiger partial charge on any atom is -0.406 e. The summed E-state index contributed by atoms with van der Waals surface area (Å²) in [6.45, 7) is 0.363. The van der Waals surface area contributed by atoms with Gasteiger partial charge in [-0.3, -0.25) is 14.3 Å². The highest BCUT2D eigenvalue weighted by atomic mass is 19.4. The molecule has 1 atom stereocenters. The SMILES string of the molecule is O=CC1Nc2cnc(-n3cnc4ccc(OC(F)(F)F)cc43)nc2N1Cc1cccnc1. The van der Waals surface area contributed by atoms with Gasteiger partial charge in [0.2, 0.25) is 5.95 Å². The van der Waals surface area contributed by atoms with Crippen molar-refractivity contribution in [2.75, 3.05) is 10.2 Å². The summed E-state index contributed by atoms with van der Waals surface area (Å²) in [4.78, 5) is 30.5. The van der Waals surface area contributed by atoms with E-state index in [0.717, 1.165) is 11.8 Å². The van der Waals surface area contributed by atoms with Crippen LogP contribution >= 0.6 is 0 Å². The topological polar surface area (TPSA) is 98.1 Å². The van der Waals surface area contributed by atoms with E-state index in [1.165, 1.54) is 35.3 Å². The summed E-state index contributed by atoms with van der Waals surface area (Å²) in [6, 6.07) is 7.48. The average molecular weight is 441 g/mol. The van der Waals surface area contributed by atoms with Gasteiger partial charge < -0.3 is 15.0 Å². The van der Waals surface area contributed by atoms with Crippen LogP contribution in [-0.4, -0.2) is 43.3 Å². The summed E-state index contributed by atoms with van der Waals surface area (Å²) in [6.07, 6.45) is 1.55. The largest absolute Gasteiger partial charge is 0.573 e. The van der Waals surface area contributed by atoms with Crippen molar-refractivity contribution in [3.05, 3.63) is 60.8 Å². The van der Waals surface area contributed by atoms with Gasteiger partial charge in [0.15, 0.2) is 18.3 Å². The number of hydrogen-bond acceptors (Lipinski definition) is 8. The number of alkyl halides is 3. The average Bonchev–Trinajstić information content (AvgIpc) is 3.34. The van der Waals surface area contributed by atoms with Gasteiger partial charge in [-0.05, 0) is 23.8 Å². The number of imidazole rings is 1. The normalized spacial score (nSPS) is 15.5. The molecule has 0 spiro atoms. The standard InChI is InChI=1S/C20H14F3N7O2/c21-20(22,23)32-13-3-4-14-16(6-13)30(11-26-14)19-25-8-15-18(28-19)29(17(10-31)27-15)9-12-2-1-5-24-7-12/h1-8,10-11,17,27H,9H2. The minimum absolute atomic E-state index is 0.181. The molecular formula is C20H14F3N7O2. The highest BCUT2D eigenvalue weighted by Crippen LogP contribution is 2.34. The van der Waals surface area contributed by atoms with E-state index in [4.69, 9.17) is 0 Å². The number of nitrogens with zero attached hydrogens (tertiary/aromatic N) is 6. The summed E-state index contributed by atoms with van der Waals surface area (Å²) < 4.78 is 43.3. The molecule has 0 saturated heterocycles. The lowest BCUT2D eigenvalue weighted by Crippen LogP contribution is -2.36. The first kappa shape index (κ1) is 19.7. The number of pyridine rings is 1. The Balaban J connectivity index is 1.54. The molecular weight excluding hydrogens is 427 g/mol. The number of nitrogens with one attached hydrogen (secondary N) is 1. The van der Waals surface area contributed by atoms with Crippen LogP contribution in [0.3, 0.4) is 0 Å². The van der Waals surface area contributed by atoms with Crippen LogP contribution in [0.1, 0.15) is 5.56 Å². The van der Waals surface area contributed by atoms with Crippen LogP contribution in [0.2, 0.25) is 0 Å². The Morgan fingerprint density at radius 3 is 2.81 bits per heavy atom. The Morgan fingerprint density at radius 1 is 1.19 bits per heavy atom. The predicted molar refractivity (Wildman–Crippen MR) is 107 cm³/mol. The number of aldehydes is 1. The van der Waals surface area contributed by atoms with Crippen molar-refractivity contribution in [2.24, 2.45) is 0 Å². The fourth-order valence-corrected chi connectivity index (χ4v) is 3.48. The lowest BCUT2D eigenvalue weighted by molar-refractivity contribution is -0.274. The summed E-state index contributed by atoms with van der Waals surface area (Å²) >= 11 is 0. The molecule has 0 saturated carbocycles. The van der Waals surface area contributed by atoms with Gasteiger partial charge in [0.25, 0.3) is 0 Å². The van der Waals surface area contributed by atoms with Crippen molar-refractivity contribution in [3.63, 3.8) is 0 Å². The number of carbonyl (C=O) groups excluding carboxylic acids is 1. The molecule has 5 rings (SSSR count). The first-order valence-corrected chi connectivity index (χ1v) is 9.39. The van der Waals surface area contributed by atoms with Crippen molar-refractivity contribution in [1.82, 2.24) is 24.5 Å². The fourth-order valence-electron chi connectivity index (χ4n) is 3.48. The van der Waals surface area contributed by atoms with E-state index in [1.807, 2.05) is 6.07 Å². The molecule has 3 aromatic heterocycles. The zero-order chi connectivity index (χ0) is 22.3. The maximum atomic E-state index is 12.6. The molecule has 32 heavy (non-hydrogen) atoms. The Bertz CT molecular complexity index is 1290. The van der Waals surface area contributed by atoms with Gasteiger partial charge in [0.05, 0.1) is 22.9 Å². The van der Waals surface area contributed by atoms with E-state index in [9.17, 15) is 18.0 Å². The molecule has 0 aliphatic carbocycles. The van der Waals surface area contributed by atoms with Gasteiger partial charge in [0.1, 0.15) is 12.1 Å². The van der Waals surface area contributed by atoms with E-state index in [-0.39, 0.29) is 11.7 Å². The Labute approximate surface area is 178 Å². The van der Waals surface area contributed by atoms with Gasteiger partial charge in [-0.15, -0.1) is 13.2 Å². The van der Waals surface area contributed by atoms with Crippen LogP contribution in [0.4, 0.5) is 24.7 Å². The second-order valence-electron chi connectivity index (χ2n) is 6.93. The van der Waals surface area contributed by atoms with Crippen LogP contribution in [0.5, 0.6) is 5.75 Å². The predicted octanol–water partition coefficient (Wildman–Crippen LogP) is 3.07. The monoisotopic (exact) mass is 441 g/mol. The number of aromatic nitrogens is 5. The Hall–Kier alpha value is -4.22. The number of hydrogen-bond donors (Lipinski definition) is 1. The maximum Gasteiger partial charge on any atom is 0.573 e. The number of rotatable bonds is 5. The molecule has 12 heteroatoms. The minimum atomic E-state index is -4.81. The van der Waals surface area contributed by atoms with Crippen LogP contribution in [0, 0.1) is 0 Å². The number of benzene rings is 1. The summed E-state index contributed by atoms with van der Waals surface area (Å²) in [5, 5.41) is 3.04. The third kappa shape index (κ3) is 3.66. The molecule has 1 aliphatic rings. The smallest absolute Gasteiger partial charge is 0.406 e. The molecule has 1 aromatic carbocycles. The van der Waals surface area contributed by atoms with Crippen molar-refractivity contribution >= 4 is 28.8 Å². The van der Waals surface area contributed by atoms with Gasteiger partial charge in [-0.2, -0.15) is 4.98 Å². The second-order valence-corrected chi connectivity index (χ2v) is 6.93. The van der Waals surface area contributed by atoms with E-state index < -0.39 is 12.5 Å². The molecule has 9 nitrogen and oxygen atoms in total. The van der Waals surface area contributed by atoms with Crippen molar-refractivity contribution in [2.45, 2.75) is 19.1 Å². The summed E-state index contributed by atoms with van der Waals surface area (Å²) in [5.41, 5.74) is 2.21. The third-order valence-corrected chi connectivity index (χ3v) is 4.84. The molecule has 4 aromatic rings. The summed E-state index contributed by atoms with van der Waals surface area (Å²) in [7, 11) is 0. The maximum absolute atomic E-state index is 12.6. The van der Waals surface area contributed by atoms with Crippen molar-refractivity contribution < 1.29 is 22.7 Å². The lowest BCUT2D eigenvalue weighted by atomic mass is 10.2. The van der Waals surface area contributed by atoms with Gasteiger partial charge in [-0.1, -0.05) is 6.07 Å². The number of anilines is 2. The highest BCUT2D eigenvalue weighted by molar-refractivity contribution is 5.83. The van der Waals surface area contributed by atoms with Crippen LogP contribution in [0.25, 0.3) is 17.0 Å². The summed E-state index contributed by atoms with van der Waals surface area (Å²) in [5.74, 6) is 0.272. The number of carbonyl (C=O) groups is 1. The molecule has 1 aliphatic heterocycles. The van der Waals surface area contributed by atoms with Crippen LogP contribution in [0.15, 0.2) is 55.2 Å². The van der Waals surface area contributed by atoms with E-state index >= 15 is 0 Å². The fraction of sp³-hybridized carbons (Fsp3) is 0.150. The second kappa shape index (κ2) is 7.48. The first-order chi connectivity index (χ1) is 15.4. The first-order valence-electron chi connectivity index (χ1n) is 9.39. The van der Waals surface area contributed by atoms with Crippen LogP contribution in [-0.2, 0) is 11.3 Å². The quantitative estimate of drug-likeness (QED) is 0.472. The van der Waals surface area contributed by atoms with Gasteiger partial charge in [0, 0.05) is 25.0 Å². The molecule has 0 amide bonds. The molecule has 1 unspecified atom stereocenters. The molecule has 162 valence electrons. The molecule has 0 radical (unpaired) electrons. The van der Waals surface area contributed by atoms with E-state index in [1.54, 1.807) is 23.4 Å². The van der Waals surface area contributed by atoms with E-state index in [0.29, 0.717) is 29.1 Å². The molecule has 4 heterocycles. The number of ether oxygens (including phenoxy) is 1. The number of halogens is 3. The lowest BCUT2D eigenvalue weighted by Gasteiger charge is -2.21. The van der Waals surface area contributed by atoms with Crippen LogP contribution < -0.4 is 15.0 Å². The van der Waals surface area contributed by atoms with Gasteiger partial charge >= 0.3 is 6.36 Å². The van der Waals surface area contributed by atoms with E-state index in [2.05, 4.69) is 30.0 Å². The zero-order valence-electron chi connectivity index (χ0n) is 16.2. The third-order valence-electron chi connectivity index (χ3n) is 4.84. The van der Waals surface area contributed by atoms with Gasteiger partial charge in [-0.25, -0.2) is 9.97 Å². The number of fused-ring (bicyclic) bond motifs is 2. The molecule has 1 N–H and O–H groups in total. The molecule has 0 bridgehead atoms.